The van der Waals surface area contributed by atoms with Gasteiger partial charge in [0.15, 0.2) is 0 Å². The Morgan fingerprint density at radius 2 is 1.84 bits per heavy atom. The molecule has 31 heavy (non-hydrogen) atoms. The van der Waals surface area contributed by atoms with Crippen LogP contribution in [0.3, 0.4) is 0 Å². The number of nitrogens with zero attached hydrogens (tertiary/aromatic N) is 2. The Bertz CT molecular complexity index is 1060. The molecule has 0 saturated carbocycles. The molecule has 1 heterocycles. The van der Waals surface area contributed by atoms with Crippen LogP contribution in [-0.4, -0.2) is 68.7 Å². The molecule has 0 fully saturated rings. The smallest absolute Gasteiger partial charge is 0.247 e. The lowest BCUT2D eigenvalue weighted by molar-refractivity contribution is 0.0812. The van der Waals surface area contributed by atoms with E-state index in [1.807, 2.05) is 56.3 Å². The highest BCUT2D eigenvalue weighted by Crippen LogP contribution is 2.34. The van der Waals surface area contributed by atoms with E-state index >= 15 is 0 Å². The molecule has 1 aliphatic heterocycles. The van der Waals surface area contributed by atoms with Gasteiger partial charge in [-0.1, -0.05) is 37.0 Å². The molecular formula is C24H30N2O4S. The molecule has 1 aliphatic rings. The minimum atomic E-state index is -3.84. The SMILES string of the molecule is C[C@H]1CN([C@@H](C)CO)S(=O)(=O)c2ccc(C#Cc3ccccc3)cc2O[C@H]1CN(C)C. The average molecular weight is 443 g/mol. The van der Waals surface area contributed by atoms with Crippen molar-refractivity contribution in [1.29, 1.82) is 0 Å². The van der Waals surface area contributed by atoms with Crippen molar-refractivity contribution in [3.05, 3.63) is 59.7 Å². The maximum absolute atomic E-state index is 13.4. The van der Waals surface area contributed by atoms with E-state index in [1.54, 1.807) is 25.1 Å². The Labute approximate surface area is 185 Å². The highest BCUT2D eigenvalue weighted by atomic mass is 32.2. The van der Waals surface area contributed by atoms with Gasteiger partial charge in [0.05, 0.1) is 6.61 Å². The summed E-state index contributed by atoms with van der Waals surface area (Å²) in [5.41, 5.74) is 1.56. The van der Waals surface area contributed by atoms with E-state index in [0.717, 1.165) is 5.56 Å². The number of ether oxygens (including phenoxy) is 1. The second-order valence-corrected chi connectivity index (χ2v) is 10.1. The quantitative estimate of drug-likeness (QED) is 0.737. The molecule has 0 radical (unpaired) electrons. The first-order valence-corrected chi connectivity index (χ1v) is 11.8. The van der Waals surface area contributed by atoms with Gasteiger partial charge < -0.3 is 14.7 Å². The van der Waals surface area contributed by atoms with Crippen molar-refractivity contribution in [1.82, 2.24) is 9.21 Å². The van der Waals surface area contributed by atoms with Crippen LogP contribution < -0.4 is 4.74 Å². The Morgan fingerprint density at radius 3 is 2.48 bits per heavy atom. The number of sulfonamides is 1. The Balaban J connectivity index is 2.08. The van der Waals surface area contributed by atoms with Crippen LogP contribution in [0.5, 0.6) is 5.75 Å². The Kier molecular flexibility index (Phi) is 7.39. The molecule has 0 unspecified atom stereocenters. The number of hydrogen-bond acceptors (Lipinski definition) is 5. The van der Waals surface area contributed by atoms with Crippen LogP contribution in [0.1, 0.15) is 25.0 Å². The highest BCUT2D eigenvalue weighted by molar-refractivity contribution is 7.89. The molecule has 0 aliphatic carbocycles. The molecule has 2 aromatic carbocycles. The zero-order valence-electron chi connectivity index (χ0n) is 18.4. The predicted molar refractivity (Wildman–Crippen MR) is 121 cm³/mol. The predicted octanol–water partition coefficient (Wildman–Crippen LogP) is 2.42. The molecule has 0 saturated heterocycles. The van der Waals surface area contributed by atoms with Crippen LogP contribution in [0.4, 0.5) is 0 Å². The van der Waals surface area contributed by atoms with Crippen molar-refractivity contribution in [2.24, 2.45) is 5.92 Å². The lowest BCUT2D eigenvalue weighted by Crippen LogP contribution is -2.49. The molecule has 0 bridgehead atoms. The van der Waals surface area contributed by atoms with Gasteiger partial charge in [-0.2, -0.15) is 4.31 Å². The van der Waals surface area contributed by atoms with Crippen LogP contribution in [-0.2, 0) is 10.0 Å². The van der Waals surface area contributed by atoms with Gasteiger partial charge in [0, 0.05) is 36.2 Å². The van der Waals surface area contributed by atoms with Gasteiger partial charge in [-0.3, -0.25) is 0 Å². The van der Waals surface area contributed by atoms with Crippen LogP contribution in [0.25, 0.3) is 0 Å². The maximum atomic E-state index is 13.4. The number of hydrogen-bond donors (Lipinski definition) is 1. The summed E-state index contributed by atoms with van der Waals surface area (Å²) in [6, 6.07) is 14.0. The van der Waals surface area contributed by atoms with Crippen molar-refractivity contribution in [2.45, 2.75) is 30.9 Å². The number of rotatable bonds is 4. The van der Waals surface area contributed by atoms with E-state index in [-0.39, 0.29) is 30.1 Å². The fourth-order valence-corrected chi connectivity index (χ4v) is 5.37. The van der Waals surface area contributed by atoms with E-state index in [2.05, 4.69) is 11.8 Å². The normalized spacial score (nSPS) is 21.7. The maximum Gasteiger partial charge on any atom is 0.247 e. The first-order valence-electron chi connectivity index (χ1n) is 10.4. The number of aliphatic hydroxyl groups is 1. The molecule has 1 N–H and O–H groups in total. The molecule has 166 valence electrons. The van der Waals surface area contributed by atoms with E-state index in [1.165, 1.54) is 4.31 Å². The van der Waals surface area contributed by atoms with Gasteiger partial charge in [-0.25, -0.2) is 8.42 Å². The van der Waals surface area contributed by atoms with E-state index in [0.29, 0.717) is 17.9 Å². The molecule has 3 atom stereocenters. The topological polar surface area (TPSA) is 70.1 Å². The van der Waals surface area contributed by atoms with Gasteiger partial charge in [0.25, 0.3) is 0 Å². The summed E-state index contributed by atoms with van der Waals surface area (Å²) < 4.78 is 34.5. The number of benzene rings is 2. The number of likely N-dealkylation sites (N-methyl/N-ethyl adjacent to an activating group) is 1. The van der Waals surface area contributed by atoms with Crippen molar-refractivity contribution < 1.29 is 18.3 Å². The minimum absolute atomic E-state index is 0.0709. The molecule has 3 rings (SSSR count). The molecule has 2 aromatic rings. The van der Waals surface area contributed by atoms with Crippen LogP contribution in [0, 0.1) is 17.8 Å². The van der Waals surface area contributed by atoms with Crippen molar-refractivity contribution in [3.8, 4) is 17.6 Å². The zero-order valence-corrected chi connectivity index (χ0v) is 19.3. The molecular weight excluding hydrogens is 412 g/mol. The van der Waals surface area contributed by atoms with Crippen molar-refractivity contribution in [2.75, 3.05) is 33.8 Å². The number of aliphatic hydroxyl groups excluding tert-OH is 1. The van der Waals surface area contributed by atoms with Crippen LogP contribution in [0.2, 0.25) is 0 Å². The second-order valence-electron chi connectivity index (χ2n) is 8.28. The molecule has 0 aromatic heterocycles. The van der Waals surface area contributed by atoms with Gasteiger partial charge in [-0.15, -0.1) is 0 Å². The monoisotopic (exact) mass is 442 g/mol. The lowest BCUT2D eigenvalue weighted by atomic mass is 10.0. The third kappa shape index (κ3) is 5.46. The summed E-state index contributed by atoms with van der Waals surface area (Å²) in [6.45, 7) is 4.36. The van der Waals surface area contributed by atoms with Gasteiger partial charge in [0.2, 0.25) is 10.0 Å². The third-order valence-corrected chi connectivity index (χ3v) is 7.36. The third-order valence-electron chi connectivity index (χ3n) is 5.34. The molecule has 7 heteroatoms. The van der Waals surface area contributed by atoms with E-state index in [9.17, 15) is 13.5 Å². The average Bonchev–Trinajstić information content (AvgIpc) is 2.74. The van der Waals surface area contributed by atoms with Crippen LogP contribution >= 0.6 is 0 Å². The first-order chi connectivity index (χ1) is 14.7. The summed E-state index contributed by atoms with van der Waals surface area (Å²) in [7, 11) is 0.0853. The van der Waals surface area contributed by atoms with Crippen molar-refractivity contribution >= 4 is 10.0 Å². The summed E-state index contributed by atoms with van der Waals surface area (Å²) in [4.78, 5) is 2.13. The van der Waals surface area contributed by atoms with Crippen LogP contribution in [0.15, 0.2) is 53.4 Å². The summed E-state index contributed by atoms with van der Waals surface area (Å²) in [5.74, 6) is 6.42. The first kappa shape index (κ1) is 23.3. The fraction of sp³-hybridized carbons (Fsp3) is 0.417. The number of fused-ring (bicyclic) bond motifs is 1. The lowest BCUT2D eigenvalue weighted by Gasteiger charge is -2.37. The standard InChI is InChI=1S/C24H30N2O4S/c1-18-15-26(19(2)17-27)31(28,29)24-13-12-21(11-10-20-8-6-5-7-9-20)14-22(24)30-23(18)16-25(3)4/h5-9,12-14,18-19,23,27H,15-17H2,1-4H3/t18-,19-,23-/m0/s1. The van der Waals surface area contributed by atoms with Gasteiger partial charge in [0.1, 0.15) is 16.7 Å². The summed E-state index contributed by atoms with van der Waals surface area (Å²) in [6.07, 6.45) is -0.213. The minimum Gasteiger partial charge on any atom is -0.487 e. The summed E-state index contributed by atoms with van der Waals surface area (Å²) >= 11 is 0. The zero-order chi connectivity index (χ0) is 22.6. The Morgan fingerprint density at radius 1 is 1.16 bits per heavy atom. The van der Waals surface area contributed by atoms with Gasteiger partial charge >= 0.3 is 0 Å². The van der Waals surface area contributed by atoms with E-state index < -0.39 is 16.1 Å². The summed E-state index contributed by atoms with van der Waals surface area (Å²) in [5, 5.41) is 9.69. The highest BCUT2D eigenvalue weighted by Gasteiger charge is 2.37. The molecule has 0 amide bonds. The molecule has 6 nitrogen and oxygen atoms in total. The van der Waals surface area contributed by atoms with E-state index in [4.69, 9.17) is 4.74 Å². The second kappa shape index (κ2) is 9.84. The van der Waals surface area contributed by atoms with Crippen molar-refractivity contribution in [3.63, 3.8) is 0 Å². The fourth-order valence-electron chi connectivity index (χ4n) is 3.55. The Hall–Kier alpha value is -2.37. The molecule has 0 spiro atoms. The van der Waals surface area contributed by atoms with Gasteiger partial charge in [-0.05, 0) is 51.4 Å². The largest absolute Gasteiger partial charge is 0.487 e.